The van der Waals surface area contributed by atoms with Gasteiger partial charge in [0.2, 0.25) is 5.91 Å². The number of nitrogens with one attached hydrogen (secondary N) is 1. The highest BCUT2D eigenvalue weighted by atomic mass is 16.6. The molecule has 0 aliphatic rings. The van der Waals surface area contributed by atoms with Crippen molar-refractivity contribution in [2.45, 2.75) is 39.2 Å². The maximum Gasteiger partial charge on any atom is 0.271 e. The Morgan fingerprint density at radius 2 is 2.10 bits per heavy atom. The van der Waals surface area contributed by atoms with Gasteiger partial charge in [-0.3, -0.25) is 14.9 Å². The standard InChI is InChI=1S/C14H21N3O4/c1-9(4-3-5-10(2)15)14(19)16-12-8-11(17(20)21)6-7-13(12)18/h6-10,18H,3-5,15H2,1-2H3,(H,16,19). The largest absolute Gasteiger partial charge is 0.506 e. The summed E-state index contributed by atoms with van der Waals surface area (Å²) in [6.45, 7) is 3.68. The molecule has 0 bridgehead atoms. The van der Waals surface area contributed by atoms with Gasteiger partial charge < -0.3 is 16.2 Å². The Morgan fingerprint density at radius 1 is 1.43 bits per heavy atom. The van der Waals surface area contributed by atoms with E-state index in [0.29, 0.717) is 6.42 Å². The monoisotopic (exact) mass is 295 g/mol. The number of aromatic hydroxyl groups is 1. The van der Waals surface area contributed by atoms with Crippen LogP contribution in [-0.2, 0) is 4.79 Å². The van der Waals surface area contributed by atoms with Crippen molar-refractivity contribution in [3.8, 4) is 5.75 Å². The van der Waals surface area contributed by atoms with E-state index in [1.807, 2.05) is 6.92 Å². The lowest BCUT2D eigenvalue weighted by atomic mass is 10.0. The minimum atomic E-state index is -0.582. The third kappa shape index (κ3) is 5.39. The highest BCUT2D eigenvalue weighted by Crippen LogP contribution is 2.28. The van der Waals surface area contributed by atoms with Gasteiger partial charge in [0.1, 0.15) is 5.75 Å². The quantitative estimate of drug-likeness (QED) is 0.405. The van der Waals surface area contributed by atoms with Gasteiger partial charge in [-0.05, 0) is 25.8 Å². The number of hydrogen-bond acceptors (Lipinski definition) is 5. The first kappa shape index (κ1) is 16.9. The third-order valence-corrected chi connectivity index (χ3v) is 3.19. The van der Waals surface area contributed by atoms with E-state index >= 15 is 0 Å². The van der Waals surface area contributed by atoms with Gasteiger partial charge in [-0.15, -0.1) is 0 Å². The highest BCUT2D eigenvalue weighted by molar-refractivity contribution is 5.94. The lowest BCUT2D eigenvalue weighted by Gasteiger charge is -2.13. The maximum atomic E-state index is 12.0. The summed E-state index contributed by atoms with van der Waals surface area (Å²) in [5.41, 5.74) is 5.51. The number of nitro groups is 1. The number of benzene rings is 1. The summed E-state index contributed by atoms with van der Waals surface area (Å²) < 4.78 is 0. The van der Waals surface area contributed by atoms with Gasteiger partial charge in [0.25, 0.3) is 5.69 Å². The highest BCUT2D eigenvalue weighted by Gasteiger charge is 2.17. The smallest absolute Gasteiger partial charge is 0.271 e. The number of rotatable bonds is 7. The zero-order valence-corrected chi connectivity index (χ0v) is 12.2. The van der Waals surface area contributed by atoms with Gasteiger partial charge in [0.05, 0.1) is 10.6 Å². The Kier molecular flexibility index (Phi) is 6.10. The first-order valence-electron chi connectivity index (χ1n) is 6.85. The number of carbonyl (C=O) groups excluding carboxylic acids is 1. The van der Waals surface area contributed by atoms with E-state index in [4.69, 9.17) is 5.73 Å². The van der Waals surface area contributed by atoms with Crippen molar-refractivity contribution in [2.75, 3.05) is 5.32 Å². The predicted octanol–water partition coefficient (Wildman–Crippen LogP) is 2.39. The van der Waals surface area contributed by atoms with Crippen LogP contribution in [0.25, 0.3) is 0 Å². The van der Waals surface area contributed by atoms with Crippen molar-refractivity contribution in [1.82, 2.24) is 0 Å². The molecule has 4 N–H and O–H groups in total. The molecule has 2 atom stereocenters. The molecule has 0 aliphatic heterocycles. The summed E-state index contributed by atoms with van der Waals surface area (Å²) in [4.78, 5) is 22.1. The molecule has 0 saturated heterocycles. The third-order valence-electron chi connectivity index (χ3n) is 3.19. The Balaban J connectivity index is 2.65. The minimum absolute atomic E-state index is 0.0493. The lowest BCUT2D eigenvalue weighted by molar-refractivity contribution is -0.384. The zero-order valence-electron chi connectivity index (χ0n) is 12.2. The van der Waals surface area contributed by atoms with Crippen molar-refractivity contribution in [1.29, 1.82) is 0 Å². The SMILES string of the molecule is CC(N)CCCC(C)C(=O)Nc1cc([N+](=O)[O-])ccc1O. The number of phenolic OH excluding ortho intramolecular Hbond substituents is 1. The first-order valence-corrected chi connectivity index (χ1v) is 6.85. The molecule has 0 heterocycles. The lowest BCUT2D eigenvalue weighted by Crippen LogP contribution is -2.21. The molecular weight excluding hydrogens is 274 g/mol. The van der Waals surface area contributed by atoms with Crippen LogP contribution in [0.15, 0.2) is 18.2 Å². The first-order chi connectivity index (χ1) is 9.81. The molecule has 1 aromatic carbocycles. The Labute approximate surface area is 123 Å². The van der Waals surface area contributed by atoms with Gasteiger partial charge in [0, 0.05) is 24.1 Å². The van der Waals surface area contributed by atoms with Gasteiger partial charge in [-0.1, -0.05) is 13.3 Å². The molecule has 7 heteroatoms. The summed E-state index contributed by atoms with van der Waals surface area (Å²) in [5, 5.41) is 22.8. The van der Waals surface area contributed by atoms with Crippen LogP contribution in [0.5, 0.6) is 5.75 Å². The summed E-state index contributed by atoms with van der Waals surface area (Å²) in [6, 6.07) is 3.61. The van der Waals surface area contributed by atoms with Crippen LogP contribution in [-0.4, -0.2) is 22.0 Å². The number of non-ortho nitro benzene ring substituents is 1. The van der Waals surface area contributed by atoms with E-state index in [1.165, 1.54) is 12.1 Å². The molecule has 1 rings (SSSR count). The van der Waals surface area contributed by atoms with E-state index in [0.717, 1.165) is 18.9 Å². The number of nitrogens with two attached hydrogens (primary N) is 1. The second kappa shape index (κ2) is 7.58. The molecule has 0 aliphatic carbocycles. The molecule has 1 aromatic rings. The number of amides is 1. The summed E-state index contributed by atoms with van der Waals surface area (Å²) in [7, 11) is 0. The van der Waals surface area contributed by atoms with Crippen LogP contribution in [0, 0.1) is 16.0 Å². The average molecular weight is 295 g/mol. The van der Waals surface area contributed by atoms with Crippen LogP contribution in [0.2, 0.25) is 0 Å². The summed E-state index contributed by atoms with van der Waals surface area (Å²) in [6.07, 6.45) is 2.33. The van der Waals surface area contributed by atoms with Crippen LogP contribution in [0.3, 0.4) is 0 Å². The van der Waals surface area contributed by atoms with E-state index in [1.54, 1.807) is 6.92 Å². The Bertz CT molecular complexity index is 517. The van der Waals surface area contributed by atoms with Crippen molar-refractivity contribution >= 4 is 17.3 Å². The van der Waals surface area contributed by atoms with Gasteiger partial charge in [0.15, 0.2) is 0 Å². The molecular formula is C14H21N3O4. The second-order valence-corrected chi connectivity index (χ2v) is 5.26. The molecule has 21 heavy (non-hydrogen) atoms. The van der Waals surface area contributed by atoms with E-state index in [-0.39, 0.29) is 35.0 Å². The molecule has 0 aromatic heterocycles. The normalized spacial score (nSPS) is 13.5. The van der Waals surface area contributed by atoms with Gasteiger partial charge >= 0.3 is 0 Å². The number of carbonyl (C=O) groups is 1. The Morgan fingerprint density at radius 3 is 2.67 bits per heavy atom. The van der Waals surface area contributed by atoms with E-state index in [9.17, 15) is 20.0 Å². The predicted molar refractivity (Wildman–Crippen MR) is 80.1 cm³/mol. The van der Waals surface area contributed by atoms with Crippen molar-refractivity contribution in [2.24, 2.45) is 11.7 Å². The zero-order chi connectivity index (χ0) is 16.0. The Hall–Kier alpha value is -2.15. The van der Waals surface area contributed by atoms with Crippen LogP contribution in [0.4, 0.5) is 11.4 Å². The molecule has 0 spiro atoms. The molecule has 2 unspecified atom stereocenters. The number of anilines is 1. The van der Waals surface area contributed by atoms with Crippen LogP contribution < -0.4 is 11.1 Å². The number of nitrogens with zero attached hydrogens (tertiary/aromatic N) is 1. The maximum absolute atomic E-state index is 12.0. The molecule has 1 amide bonds. The number of hydrogen-bond donors (Lipinski definition) is 3. The van der Waals surface area contributed by atoms with Crippen molar-refractivity contribution < 1.29 is 14.8 Å². The van der Waals surface area contributed by atoms with Crippen molar-refractivity contribution in [3.63, 3.8) is 0 Å². The molecule has 7 nitrogen and oxygen atoms in total. The fourth-order valence-electron chi connectivity index (χ4n) is 1.87. The van der Waals surface area contributed by atoms with Crippen LogP contribution >= 0.6 is 0 Å². The van der Waals surface area contributed by atoms with Gasteiger partial charge in [-0.25, -0.2) is 0 Å². The van der Waals surface area contributed by atoms with E-state index in [2.05, 4.69) is 5.32 Å². The van der Waals surface area contributed by atoms with Crippen LogP contribution in [0.1, 0.15) is 33.1 Å². The number of phenols is 1. The molecule has 0 radical (unpaired) electrons. The van der Waals surface area contributed by atoms with Gasteiger partial charge in [-0.2, -0.15) is 0 Å². The van der Waals surface area contributed by atoms with E-state index < -0.39 is 4.92 Å². The topological polar surface area (TPSA) is 118 Å². The molecule has 116 valence electrons. The van der Waals surface area contributed by atoms with Crippen molar-refractivity contribution in [3.05, 3.63) is 28.3 Å². The number of nitro benzene ring substituents is 1. The fraction of sp³-hybridized carbons (Fsp3) is 0.500. The summed E-state index contributed by atoms with van der Waals surface area (Å²) in [5.74, 6) is -0.741. The minimum Gasteiger partial charge on any atom is -0.506 e. The molecule has 0 fully saturated rings. The average Bonchev–Trinajstić information content (AvgIpc) is 2.40. The molecule has 0 saturated carbocycles. The fourth-order valence-corrected chi connectivity index (χ4v) is 1.87. The second-order valence-electron chi connectivity index (χ2n) is 5.26. The summed E-state index contributed by atoms with van der Waals surface area (Å²) >= 11 is 0.